The molecule has 25 heavy (non-hydrogen) atoms. The molecule has 0 radical (unpaired) electrons. The first-order chi connectivity index (χ1) is 11.9. The van der Waals surface area contributed by atoms with Gasteiger partial charge in [0.15, 0.2) is 0 Å². The number of rotatable bonds is 8. The molecule has 0 fully saturated rings. The molecular formula is C18H22N2O4S. The van der Waals surface area contributed by atoms with Gasteiger partial charge in [0.2, 0.25) is 10.0 Å². The number of hydrogen-bond donors (Lipinski definition) is 2. The molecule has 2 rings (SSSR count). The van der Waals surface area contributed by atoms with Gasteiger partial charge in [-0.15, -0.1) is 0 Å². The van der Waals surface area contributed by atoms with E-state index in [0.717, 1.165) is 11.3 Å². The highest BCUT2D eigenvalue weighted by molar-refractivity contribution is 7.89. The summed E-state index contributed by atoms with van der Waals surface area (Å²) in [5, 5.41) is 2.74. The number of benzene rings is 2. The van der Waals surface area contributed by atoms with Gasteiger partial charge in [-0.1, -0.05) is 19.1 Å². The van der Waals surface area contributed by atoms with Crippen LogP contribution in [-0.4, -0.2) is 34.0 Å². The smallest absolute Gasteiger partial charge is 0.251 e. The summed E-state index contributed by atoms with van der Waals surface area (Å²) in [6.45, 7) is 4.70. The van der Waals surface area contributed by atoms with Crippen LogP contribution in [0.4, 0.5) is 0 Å². The van der Waals surface area contributed by atoms with E-state index in [1.54, 1.807) is 6.92 Å². The van der Waals surface area contributed by atoms with Gasteiger partial charge in [0.1, 0.15) is 12.4 Å². The highest BCUT2D eigenvalue weighted by Crippen LogP contribution is 2.12. The molecule has 0 aromatic heterocycles. The van der Waals surface area contributed by atoms with E-state index in [4.69, 9.17) is 4.74 Å². The number of carbonyl (C=O) groups excluding carboxylic acids is 1. The SMILES string of the molecule is CCNS(=O)(=O)c1ccc(C(=O)NCCOc2cccc(C)c2)cc1. The highest BCUT2D eigenvalue weighted by atomic mass is 32.2. The third kappa shape index (κ3) is 5.58. The van der Waals surface area contributed by atoms with Gasteiger partial charge >= 0.3 is 0 Å². The standard InChI is InChI=1S/C18H22N2O4S/c1-3-20-25(22,23)17-9-7-15(8-10-17)18(21)19-11-12-24-16-6-4-5-14(2)13-16/h4-10,13,20H,3,11-12H2,1-2H3,(H,19,21). The van der Waals surface area contributed by atoms with Gasteiger partial charge in [-0.3, -0.25) is 4.79 Å². The van der Waals surface area contributed by atoms with Crippen LogP contribution in [0.3, 0.4) is 0 Å². The number of hydrogen-bond acceptors (Lipinski definition) is 4. The minimum absolute atomic E-state index is 0.133. The van der Waals surface area contributed by atoms with Gasteiger partial charge in [0.25, 0.3) is 5.91 Å². The third-order valence-corrected chi connectivity index (χ3v) is 4.97. The van der Waals surface area contributed by atoms with Crippen LogP contribution in [-0.2, 0) is 10.0 Å². The lowest BCUT2D eigenvalue weighted by molar-refractivity contribution is 0.0947. The van der Waals surface area contributed by atoms with E-state index in [9.17, 15) is 13.2 Å². The van der Waals surface area contributed by atoms with E-state index in [1.165, 1.54) is 24.3 Å². The maximum absolute atomic E-state index is 12.1. The van der Waals surface area contributed by atoms with Crippen LogP contribution in [0.2, 0.25) is 0 Å². The first-order valence-electron chi connectivity index (χ1n) is 8.00. The number of nitrogens with one attached hydrogen (secondary N) is 2. The van der Waals surface area contributed by atoms with E-state index in [2.05, 4.69) is 10.0 Å². The Labute approximate surface area is 148 Å². The summed E-state index contributed by atoms with van der Waals surface area (Å²) in [7, 11) is -3.51. The molecule has 0 saturated carbocycles. The number of carbonyl (C=O) groups is 1. The Balaban J connectivity index is 1.84. The summed E-state index contributed by atoms with van der Waals surface area (Å²) >= 11 is 0. The number of amides is 1. The van der Waals surface area contributed by atoms with Crippen molar-refractivity contribution in [2.45, 2.75) is 18.7 Å². The number of aryl methyl sites for hydroxylation is 1. The van der Waals surface area contributed by atoms with Crippen LogP contribution < -0.4 is 14.8 Å². The second-order valence-electron chi connectivity index (χ2n) is 5.45. The fraction of sp³-hybridized carbons (Fsp3) is 0.278. The first-order valence-corrected chi connectivity index (χ1v) is 9.48. The molecule has 0 atom stereocenters. The molecule has 0 spiro atoms. The molecule has 2 aromatic carbocycles. The molecule has 0 aliphatic heterocycles. The van der Waals surface area contributed by atoms with Crippen molar-refractivity contribution in [2.75, 3.05) is 19.7 Å². The molecular weight excluding hydrogens is 340 g/mol. The molecule has 7 heteroatoms. The number of ether oxygens (including phenoxy) is 1. The number of sulfonamides is 1. The van der Waals surface area contributed by atoms with E-state index >= 15 is 0 Å². The monoisotopic (exact) mass is 362 g/mol. The Morgan fingerprint density at radius 2 is 1.84 bits per heavy atom. The zero-order chi connectivity index (χ0) is 18.3. The fourth-order valence-electron chi connectivity index (χ4n) is 2.20. The molecule has 2 N–H and O–H groups in total. The quantitative estimate of drug-likeness (QED) is 0.705. The third-order valence-electron chi connectivity index (χ3n) is 3.41. The Morgan fingerprint density at radius 1 is 1.12 bits per heavy atom. The predicted molar refractivity (Wildman–Crippen MR) is 96.3 cm³/mol. The molecule has 0 aliphatic carbocycles. The van der Waals surface area contributed by atoms with E-state index in [-0.39, 0.29) is 10.8 Å². The van der Waals surface area contributed by atoms with Gasteiger partial charge in [0, 0.05) is 12.1 Å². The molecule has 1 amide bonds. The Bertz CT molecular complexity index is 817. The van der Waals surface area contributed by atoms with Crippen molar-refractivity contribution in [3.05, 3.63) is 59.7 Å². The summed E-state index contributed by atoms with van der Waals surface area (Å²) in [6.07, 6.45) is 0. The molecule has 6 nitrogen and oxygen atoms in total. The molecule has 2 aromatic rings. The Hall–Kier alpha value is -2.38. The molecule has 134 valence electrons. The summed E-state index contributed by atoms with van der Waals surface area (Å²) in [6, 6.07) is 13.5. The van der Waals surface area contributed by atoms with E-state index in [0.29, 0.717) is 25.3 Å². The normalized spacial score (nSPS) is 11.1. The van der Waals surface area contributed by atoms with Crippen LogP contribution in [0.5, 0.6) is 5.75 Å². The van der Waals surface area contributed by atoms with E-state index in [1.807, 2.05) is 31.2 Å². The molecule has 0 bridgehead atoms. The van der Waals surface area contributed by atoms with Crippen molar-refractivity contribution in [1.29, 1.82) is 0 Å². The van der Waals surface area contributed by atoms with Crippen LogP contribution in [0.25, 0.3) is 0 Å². The minimum atomic E-state index is -3.51. The van der Waals surface area contributed by atoms with Crippen LogP contribution in [0, 0.1) is 6.92 Å². The van der Waals surface area contributed by atoms with Crippen LogP contribution in [0.1, 0.15) is 22.8 Å². The van der Waals surface area contributed by atoms with Gasteiger partial charge in [-0.05, 0) is 48.9 Å². The van der Waals surface area contributed by atoms with Crippen LogP contribution in [0.15, 0.2) is 53.4 Å². The second kappa shape index (κ2) is 8.64. The lowest BCUT2D eigenvalue weighted by atomic mass is 10.2. The summed E-state index contributed by atoms with van der Waals surface area (Å²) < 4.78 is 31.7. The largest absolute Gasteiger partial charge is 0.492 e. The summed E-state index contributed by atoms with van der Waals surface area (Å²) in [5.41, 5.74) is 1.50. The van der Waals surface area contributed by atoms with Gasteiger partial charge < -0.3 is 10.1 Å². The molecule has 0 saturated heterocycles. The highest BCUT2D eigenvalue weighted by Gasteiger charge is 2.13. The van der Waals surface area contributed by atoms with Crippen molar-refractivity contribution in [3.8, 4) is 5.75 Å². The van der Waals surface area contributed by atoms with E-state index < -0.39 is 10.0 Å². The fourth-order valence-corrected chi connectivity index (χ4v) is 3.24. The summed E-state index contributed by atoms with van der Waals surface area (Å²) in [4.78, 5) is 12.2. The predicted octanol–water partition coefficient (Wildman–Crippen LogP) is 2.10. The van der Waals surface area contributed by atoms with Crippen molar-refractivity contribution < 1.29 is 17.9 Å². The second-order valence-corrected chi connectivity index (χ2v) is 7.21. The minimum Gasteiger partial charge on any atom is -0.492 e. The maximum atomic E-state index is 12.1. The van der Waals surface area contributed by atoms with Crippen LogP contribution >= 0.6 is 0 Å². The van der Waals surface area contributed by atoms with Gasteiger partial charge in [0.05, 0.1) is 11.4 Å². The van der Waals surface area contributed by atoms with Crippen molar-refractivity contribution in [2.24, 2.45) is 0 Å². The lowest BCUT2D eigenvalue weighted by Gasteiger charge is -2.09. The van der Waals surface area contributed by atoms with Gasteiger partial charge in [-0.2, -0.15) is 0 Å². The summed E-state index contributed by atoms with van der Waals surface area (Å²) in [5.74, 6) is 0.479. The Morgan fingerprint density at radius 3 is 2.48 bits per heavy atom. The zero-order valence-electron chi connectivity index (χ0n) is 14.3. The maximum Gasteiger partial charge on any atom is 0.251 e. The average Bonchev–Trinajstić information content (AvgIpc) is 2.59. The van der Waals surface area contributed by atoms with Crippen molar-refractivity contribution in [3.63, 3.8) is 0 Å². The zero-order valence-corrected chi connectivity index (χ0v) is 15.1. The average molecular weight is 362 g/mol. The first kappa shape index (κ1) is 19.0. The van der Waals surface area contributed by atoms with Crippen molar-refractivity contribution in [1.82, 2.24) is 10.0 Å². The van der Waals surface area contributed by atoms with Crippen molar-refractivity contribution >= 4 is 15.9 Å². The lowest BCUT2D eigenvalue weighted by Crippen LogP contribution is -2.28. The molecule has 0 unspecified atom stereocenters. The molecule has 0 heterocycles. The Kier molecular flexibility index (Phi) is 6.55. The topological polar surface area (TPSA) is 84.5 Å². The molecule has 0 aliphatic rings. The van der Waals surface area contributed by atoms with Gasteiger partial charge in [-0.25, -0.2) is 13.1 Å².